The third-order valence-electron chi connectivity index (χ3n) is 3.63. The van der Waals surface area contributed by atoms with E-state index in [4.69, 9.17) is 9.79 Å². The number of phenols is 2. The van der Waals surface area contributed by atoms with Gasteiger partial charge >= 0.3 is 7.82 Å². The maximum absolute atomic E-state index is 11.1. The lowest BCUT2D eigenvalue weighted by Gasteiger charge is -2.19. The lowest BCUT2D eigenvalue weighted by Crippen LogP contribution is -2.04. The highest BCUT2D eigenvalue weighted by molar-refractivity contribution is 7.46. The van der Waals surface area contributed by atoms with Gasteiger partial charge in [-0.3, -0.25) is 9.79 Å². The molecule has 0 aromatic heterocycles. The minimum atomic E-state index is -4.71. The van der Waals surface area contributed by atoms with Crippen LogP contribution in [0.5, 0.6) is 17.2 Å². The summed E-state index contributed by atoms with van der Waals surface area (Å²) in [7, 11) is -4.71. The van der Waals surface area contributed by atoms with Gasteiger partial charge in [0.05, 0.1) is 0 Å². The molecule has 0 saturated carbocycles. The van der Waals surface area contributed by atoms with Crippen LogP contribution in [0.25, 0.3) is 0 Å². The van der Waals surface area contributed by atoms with Crippen molar-refractivity contribution in [2.24, 2.45) is 0 Å². The molecule has 1 unspecified atom stereocenters. The van der Waals surface area contributed by atoms with Crippen molar-refractivity contribution in [3.05, 3.63) is 53.6 Å². The topological polar surface area (TPSA) is 107 Å². The van der Waals surface area contributed by atoms with Crippen molar-refractivity contribution in [1.82, 2.24) is 0 Å². The summed E-state index contributed by atoms with van der Waals surface area (Å²) in [6, 6.07) is 11.1. The average Bonchev–Trinajstić information content (AvgIpc) is 2.47. The molecule has 2 aromatic rings. The van der Waals surface area contributed by atoms with Crippen LogP contribution in [0.3, 0.4) is 0 Å². The van der Waals surface area contributed by atoms with Gasteiger partial charge in [-0.25, -0.2) is 4.57 Å². The van der Waals surface area contributed by atoms with E-state index < -0.39 is 7.82 Å². The predicted octanol–water partition coefficient (Wildman–Crippen LogP) is 3.31. The van der Waals surface area contributed by atoms with Gasteiger partial charge in [0, 0.05) is 5.56 Å². The van der Waals surface area contributed by atoms with Crippen molar-refractivity contribution in [2.75, 3.05) is 0 Å². The summed E-state index contributed by atoms with van der Waals surface area (Å²) in [5.41, 5.74) is 1.30. The zero-order chi connectivity index (χ0) is 17.0. The van der Waals surface area contributed by atoms with Crippen molar-refractivity contribution < 1.29 is 29.1 Å². The molecular formula is C16H19O6P. The maximum atomic E-state index is 11.1. The molecule has 6 nitrogen and oxygen atoms in total. The second-order valence-electron chi connectivity index (χ2n) is 5.24. The number of hydrogen-bond donors (Lipinski definition) is 4. The minimum Gasteiger partial charge on any atom is -0.508 e. The SMILES string of the molecule is CCC(Cc1c(O)cccc1OP(=O)(O)O)c1ccc(O)cc1. The van der Waals surface area contributed by atoms with Gasteiger partial charge in [-0.15, -0.1) is 0 Å². The van der Waals surface area contributed by atoms with E-state index in [1.807, 2.05) is 6.92 Å². The molecule has 0 amide bonds. The number of phenolic OH excluding ortho intramolecular Hbond substituents is 2. The normalized spacial score (nSPS) is 12.8. The highest BCUT2D eigenvalue weighted by Gasteiger charge is 2.22. The molecule has 0 aliphatic rings. The van der Waals surface area contributed by atoms with E-state index >= 15 is 0 Å². The molecular weight excluding hydrogens is 319 g/mol. The van der Waals surface area contributed by atoms with Gasteiger partial charge in [-0.05, 0) is 48.6 Å². The summed E-state index contributed by atoms with van der Waals surface area (Å²) in [5.74, 6) is 0.0587. The van der Waals surface area contributed by atoms with E-state index in [0.717, 1.165) is 12.0 Å². The Morgan fingerprint density at radius 1 is 1.09 bits per heavy atom. The predicted molar refractivity (Wildman–Crippen MR) is 85.6 cm³/mol. The Morgan fingerprint density at radius 2 is 1.74 bits per heavy atom. The van der Waals surface area contributed by atoms with E-state index in [9.17, 15) is 14.8 Å². The maximum Gasteiger partial charge on any atom is 0.524 e. The average molecular weight is 338 g/mol. The van der Waals surface area contributed by atoms with Gasteiger partial charge in [-0.1, -0.05) is 25.1 Å². The van der Waals surface area contributed by atoms with Crippen LogP contribution in [0.2, 0.25) is 0 Å². The molecule has 23 heavy (non-hydrogen) atoms. The quantitative estimate of drug-likeness (QED) is 0.602. The lowest BCUT2D eigenvalue weighted by molar-refractivity contribution is 0.281. The highest BCUT2D eigenvalue weighted by Crippen LogP contribution is 2.43. The van der Waals surface area contributed by atoms with Crippen LogP contribution in [-0.4, -0.2) is 20.0 Å². The standard InChI is InChI=1S/C16H19O6P/c1-2-11(12-6-8-13(17)9-7-12)10-14-15(18)4-3-5-16(14)22-23(19,20)21/h3-9,11,17-18H,2,10H2,1H3,(H2,19,20,21). The van der Waals surface area contributed by atoms with E-state index in [2.05, 4.69) is 4.52 Å². The van der Waals surface area contributed by atoms with Crippen LogP contribution < -0.4 is 4.52 Å². The summed E-state index contributed by atoms with van der Waals surface area (Å²) in [6.45, 7) is 1.97. The molecule has 0 saturated heterocycles. The van der Waals surface area contributed by atoms with Gasteiger partial charge in [0.2, 0.25) is 0 Å². The Balaban J connectivity index is 2.33. The number of phosphoric acid groups is 1. The van der Waals surface area contributed by atoms with Gasteiger partial charge in [0.1, 0.15) is 17.2 Å². The van der Waals surface area contributed by atoms with Crippen LogP contribution in [0.1, 0.15) is 30.4 Å². The third-order valence-corrected chi connectivity index (χ3v) is 4.07. The van der Waals surface area contributed by atoms with Crippen LogP contribution in [0, 0.1) is 0 Å². The van der Waals surface area contributed by atoms with Crippen molar-refractivity contribution in [1.29, 1.82) is 0 Å². The Bertz CT molecular complexity index is 707. The van der Waals surface area contributed by atoms with Crippen molar-refractivity contribution >= 4 is 7.82 Å². The Hall–Kier alpha value is -2.01. The summed E-state index contributed by atoms with van der Waals surface area (Å²) in [4.78, 5) is 18.0. The first-order valence-electron chi connectivity index (χ1n) is 7.15. The molecule has 0 aliphatic heterocycles. The number of benzene rings is 2. The molecule has 0 bridgehead atoms. The second kappa shape index (κ2) is 7.04. The van der Waals surface area contributed by atoms with Gasteiger partial charge in [-0.2, -0.15) is 0 Å². The first-order chi connectivity index (χ1) is 10.8. The molecule has 2 rings (SSSR count). The van der Waals surface area contributed by atoms with Crippen LogP contribution in [0.4, 0.5) is 0 Å². The van der Waals surface area contributed by atoms with Crippen LogP contribution >= 0.6 is 7.82 Å². The Morgan fingerprint density at radius 3 is 2.30 bits per heavy atom. The lowest BCUT2D eigenvalue weighted by atomic mass is 9.89. The highest BCUT2D eigenvalue weighted by atomic mass is 31.2. The summed E-state index contributed by atoms with van der Waals surface area (Å²) in [5, 5.41) is 19.4. The molecule has 4 N–H and O–H groups in total. The minimum absolute atomic E-state index is 0.00280. The number of aromatic hydroxyl groups is 2. The molecule has 2 aromatic carbocycles. The fraction of sp³-hybridized carbons (Fsp3) is 0.250. The number of hydrogen-bond acceptors (Lipinski definition) is 4. The summed E-state index contributed by atoms with van der Waals surface area (Å²) >= 11 is 0. The molecule has 0 heterocycles. The molecule has 7 heteroatoms. The van der Waals surface area contributed by atoms with Crippen molar-refractivity contribution in [2.45, 2.75) is 25.7 Å². The van der Waals surface area contributed by atoms with E-state index in [0.29, 0.717) is 12.0 Å². The second-order valence-corrected chi connectivity index (χ2v) is 6.40. The van der Waals surface area contributed by atoms with Crippen LogP contribution in [-0.2, 0) is 11.0 Å². The monoisotopic (exact) mass is 338 g/mol. The third kappa shape index (κ3) is 4.73. The fourth-order valence-corrected chi connectivity index (χ4v) is 2.89. The molecule has 1 atom stereocenters. The zero-order valence-electron chi connectivity index (χ0n) is 12.6. The molecule has 0 fully saturated rings. The smallest absolute Gasteiger partial charge is 0.508 e. The molecule has 0 radical (unpaired) electrons. The molecule has 0 spiro atoms. The van der Waals surface area contributed by atoms with Crippen LogP contribution in [0.15, 0.2) is 42.5 Å². The van der Waals surface area contributed by atoms with E-state index in [-0.39, 0.29) is 23.2 Å². The van der Waals surface area contributed by atoms with E-state index in [1.54, 1.807) is 24.3 Å². The number of phosphoric ester groups is 1. The largest absolute Gasteiger partial charge is 0.524 e. The van der Waals surface area contributed by atoms with Gasteiger partial charge in [0.25, 0.3) is 0 Å². The Labute approximate surface area is 134 Å². The first kappa shape index (κ1) is 17.3. The Kier molecular flexibility index (Phi) is 5.31. The molecule has 0 aliphatic carbocycles. The van der Waals surface area contributed by atoms with Crippen molar-refractivity contribution in [3.8, 4) is 17.2 Å². The van der Waals surface area contributed by atoms with Gasteiger partial charge in [0.15, 0.2) is 0 Å². The summed E-state index contributed by atoms with van der Waals surface area (Å²) < 4.78 is 15.8. The first-order valence-corrected chi connectivity index (χ1v) is 8.68. The summed E-state index contributed by atoms with van der Waals surface area (Å²) in [6.07, 6.45) is 1.09. The zero-order valence-corrected chi connectivity index (χ0v) is 13.5. The van der Waals surface area contributed by atoms with E-state index in [1.165, 1.54) is 18.2 Å². The molecule has 124 valence electrons. The number of rotatable bonds is 6. The fourth-order valence-electron chi connectivity index (χ4n) is 2.46. The van der Waals surface area contributed by atoms with Crippen molar-refractivity contribution in [3.63, 3.8) is 0 Å². The van der Waals surface area contributed by atoms with Gasteiger partial charge < -0.3 is 14.7 Å².